The highest BCUT2D eigenvalue weighted by Gasteiger charge is 2.23. The van der Waals surface area contributed by atoms with E-state index in [1.807, 2.05) is 0 Å². The molecule has 5 heteroatoms. The van der Waals surface area contributed by atoms with Crippen molar-refractivity contribution < 1.29 is 18.3 Å². The third kappa shape index (κ3) is 3.54. The van der Waals surface area contributed by atoms with Crippen molar-refractivity contribution >= 4 is 5.91 Å². The molecular weight excluding hydrogens is 264 g/mol. The standard InChI is InChI=1S/C15H19F2NO2/c1-20-9-6-11-4-7-18(8-5-11)15(19)12-2-3-13(16)14(17)10-12/h2-3,10-11H,4-9H2,1H3. The Balaban J connectivity index is 1.92. The maximum Gasteiger partial charge on any atom is 0.253 e. The van der Waals surface area contributed by atoms with E-state index in [0.29, 0.717) is 19.0 Å². The van der Waals surface area contributed by atoms with Gasteiger partial charge in [-0.1, -0.05) is 0 Å². The first-order chi connectivity index (χ1) is 9.61. The summed E-state index contributed by atoms with van der Waals surface area (Å²) in [5, 5.41) is 0. The minimum absolute atomic E-state index is 0.208. The normalized spacial score (nSPS) is 16.4. The minimum atomic E-state index is -0.981. The lowest BCUT2D eigenvalue weighted by atomic mass is 9.93. The Morgan fingerprint density at radius 3 is 2.60 bits per heavy atom. The van der Waals surface area contributed by atoms with Crippen molar-refractivity contribution in [2.24, 2.45) is 5.92 Å². The maximum atomic E-state index is 13.1. The third-order valence-electron chi connectivity index (χ3n) is 3.80. The van der Waals surface area contributed by atoms with Crippen LogP contribution in [0.25, 0.3) is 0 Å². The van der Waals surface area contributed by atoms with Gasteiger partial charge < -0.3 is 9.64 Å². The Morgan fingerprint density at radius 1 is 1.30 bits per heavy atom. The summed E-state index contributed by atoms with van der Waals surface area (Å²) in [6.07, 6.45) is 2.86. The van der Waals surface area contributed by atoms with Crippen LogP contribution in [0.15, 0.2) is 18.2 Å². The second kappa shape index (κ2) is 6.79. The highest BCUT2D eigenvalue weighted by atomic mass is 19.2. The Morgan fingerprint density at radius 2 is 2.00 bits per heavy atom. The molecule has 0 N–H and O–H groups in total. The van der Waals surface area contributed by atoms with E-state index in [2.05, 4.69) is 0 Å². The van der Waals surface area contributed by atoms with E-state index in [-0.39, 0.29) is 11.5 Å². The molecule has 1 fully saturated rings. The number of ether oxygens (including phenoxy) is 1. The van der Waals surface area contributed by atoms with Crippen LogP contribution in [-0.4, -0.2) is 37.6 Å². The molecule has 0 radical (unpaired) electrons. The Bertz CT molecular complexity index is 471. The number of amides is 1. The van der Waals surface area contributed by atoms with Crippen molar-refractivity contribution in [2.75, 3.05) is 26.8 Å². The Kier molecular flexibility index (Phi) is 5.06. The summed E-state index contributed by atoms with van der Waals surface area (Å²) in [5.74, 6) is -1.57. The maximum absolute atomic E-state index is 13.1. The number of likely N-dealkylation sites (tertiary alicyclic amines) is 1. The summed E-state index contributed by atoms with van der Waals surface area (Å²) in [7, 11) is 1.68. The van der Waals surface area contributed by atoms with Crippen molar-refractivity contribution in [3.8, 4) is 0 Å². The van der Waals surface area contributed by atoms with E-state index in [1.54, 1.807) is 12.0 Å². The van der Waals surface area contributed by atoms with Crippen molar-refractivity contribution in [3.63, 3.8) is 0 Å². The van der Waals surface area contributed by atoms with Gasteiger partial charge in [-0.05, 0) is 43.4 Å². The number of carbonyl (C=O) groups is 1. The summed E-state index contributed by atoms with van der Waals surface area (Å²) < 4.78 is 31.1. The first-order valence-electron chi connectivity index (χ1n) is 6.85. The summed E-state index contributed by atoms with van der Waals surface area (Å²) in [4.78, 5) is 13.9. The molecule has 1 aliphatic rings. The first kappa shape index (κ1) is 14.9. The molecule has 1 heterocycles. The van der Waals surface area contributed by atoms with E-state index in [9.17, 15) is 13.6 Å². The van der Waals surface area contributed by atoms with Crippen LogP contribution >= 0.6 is 0 Å². The SMILES string of the molecule is COCCC1CCN(C(=O)c2ccc(F)c(F)c2)CC1. The molecule has 0 aromatic heterocycles. The lowest BCUT2D eigenvalue weighted by Gasteiger charge is -2.32. The predicted molar refractivity (Wildman–Crippen MR) is 71.5 cm³/mol. The molecule has 0 atom stereocenters. The average molecular weight is 283 g/mol. The van der Waals surface area contributed by atoms with Gasteiger partial charge >= 0.3 is 0 Å². The Hall–Kier alpha value is -1.49. The number of rotatable bonds is 4. The molecule has 20 heavy (non-hydrogen) atoms. The zero-order valence-electron chi connectivity index (χ0n) is 11.6. The molecule has 1 aliphatic heterocycles. The van der Waals surface area contributed by atoms with Gasteiger partial charge in [-0.25, -0.2) is 8.78 Å². The molecule has 0 bridgehead atoms. The molecule has 1 amide bonds. The van der Waals surface area contributed by atoms with Crippen LogP contribution in [0, 0.1) is 17.6 Å². The molecule has 0 spiro atoms. The third-order valence-corrected chi connectivity index (χ3v) is 3.80. The number of nitrogens with zero attached hydrogens (tertiary/aromatic N) is 1. The van der Waals surface area contributed by atoms with Crippen molar-refractivity contribution in [1.29, 1.82) is 0 Å². The van der Waals surface area contributed by atoms with Gasteiger partial charge in [0.2, 0.25) is 0 Å². The van der Waals surface area contributed by atoms with Crippen LogP contribution in [0.2, 0.25) is 0 Å². The van der Waals surface area contributed by atoms with Crippen molar-refractivity contribution in [1.82, 2.24) is 4.90 Å². The highest BCUT2D eigenvalue weighted by molar-refractivity contribution is 5.94. The van der Waals surface area contributed by atoms with Crippen LogP contribution in [0.3, 0.4) is 0 Å². The van der Waals surface area contributed by atoms with Gasteiger partial charge in [0, 0.05) is 32.4 Å². The van der Waals surface area contributed by atoms with E-state index >= 15 is 0 Å². The predicted octanol–water partition coefficient (Wildman–Crippen LogP) is 2.85. The largest absolute Gasteiger partial charge is 0.385 e. The zero-order chi connectivity index (χ0) is 14.5. The van der Waals surface area contributed by atoms with Crippen LogP contribution in [0.4, 0.5) is 8.78 Å². The second-order valence-corrected chi connectivity index (χ2v) is 5.15. The molecule has 110 valence electrons. The number of hydrogen-bond acceptors (Lipinski definition) is 2. The summed E-state index contributed by atoms with van der Waals surface area (Å²) in [6, 6.07) is 3.29. The second-order valence-electron chi connectivity index (χ2n) is 5.15. The van der Waals surface area contributed by atoms with Gasteiger partial charge in [0.15, 0.2) is 11.6 Å². The van der Waals surface area contributed by atoms with Crippen LogP contribution in [0.1, 0.15) is 29.6 Å². The fourth-order valence-electron chi connectivity index (χ4n) is 2.52. The quantitative estimate of drug-likeness (QED) is 0.850. The molecule has 2 rings (SSSR count). The monoisotopic (exact) mass is 283 g/mol. The number of piperidine rings is 1. The average Bonchev–Trinajstić information content (AvgIpc) is 2.48. The van der Waals surface area contributed by atoms with Crippen molar-refractivity contribution in [3.05, 3.63) is 35.4 Å². The smallest absolute Gasteiger partial charge is 0.253 e. The van der Waals surface area contributed by atoms with Crippen LogP contribution < -0.4 is 0 Å². The molecule has 1 aromatic carbocycles. The molecule has 0 aliphatic carbocycles. The number of benzene rings is 1. The molecular formula is C15H19F2NO2. The van der Waals surface area contributed by atoms with Gasteiger partial charge in [-0.15, -0.1) is 0 Å². The van der Waals surface area contributed by atoms with Crippen LogP contribution in [-0.2, 0) is 4.74 Å². The number of carbonyl (C=O) groups excluding carboxylic acids is 1. The van der Waals surface area contributed by atoms with Gasteiger partial charge in [-0.3, -0.25) is 4.79 Å². The molecule has 1 aromatic rings. The van der Waals surface area contributed by atoms with E-state index in [4.69, 9.17) is 4.74 Å². The lowest BCUT2D eigenvalue weighted by Crippen LogP contribution is -2.38. The zero-order valence-corrected chi connectivity index (χ0v) is 11.6. The fourth-order valence-corrected chi connectivity index (χ4v) is 2.52. The van der Waals surface area contributed by atoms with E-state index in [1.165, 1.54) is 6.07 Å². The number of hydrogen-bond donors (Lipinski definition) is 0. The fraction of sp³-hybridized carbons (Fsp3) is 0.533. The van der Waals surface area contributed by atoms with Crippen LogP contribution in [0.5, 0.6) is 0 Å². The first-order valence-corrected chi connectivity index (χ1v) is 6.85. The number of methoxy groups -OCH3 is 1. The summed E-state index contributed by atoms with van der Waals surface area (Å²) >= 11 is 0. The molecule has 0 unspecified atom stereocenters. The number of halogens is 2. The summed E-state index contributed by atoms with van der Waals surface area (Å²) in [5.41, 5.74) is 0.208. The topological polar surface area (TPSA) is 29.5 Å². The minimum Gasteiger partial charge on any atom is -0.385 e. The molecule has 3 nitrogen and oxygen atoms in total. The van der Waals surface area contributed by atoms with Gasteiger partial charge in [-0.2, -0.15) is 0 Å². The molecule has 0 saturated carbocycles. The van der Waals surface area contributed by atoms with E-state index in [0.717, 1.165) is 38.0 Å². The van der Waals surface area contributed by atoms with Gasteiger partial charge in [0.05, 0.1) is 0 Å². The highest BCUT2D eigenvalue weighted by Crippen LogP contribution is 2.22. The van der Waals surface area contributed by atoms with Crippen molar-refractivity contribution in [2.45, 2.75) is 19.3 Å². The summed E-state index contributed by atoms with van der Waals surface area (Å²) in [6.45, 7) is 2.06. The van der Waals surface area contributed by atoms with Gasteiger partial charge in [0.1, 0.15) is 0 Å². The van der Waals surface area contributed by atoms with Gasteiger partial charge in [0.25, 0.3) is 5.91 Å². The Labute approximate surface area is 117 Å². The van der Waals surface area contributed by atoms with E-state index < -0.39 is 11.6 Å². The molecule has 1 saturated heterocycles. The lowest BCUT2D eigenvalue weighted by molar-refractivity contribution is 0.0669.